The van der Waals surface area contributed by atoms with Gasteiger partial charge in [0.1, 0.15) is 5.75 Å². The van der Waals surface area contributed by atoms with Crippen LogP contribution in [0.2, 0.25) is 0 Å². The first-order valence-corrected chi connectivity index (χ1v) is 6.08. The zero-order valence-corrected chi connectivity index (χ0v) is 11.4. The molecular weight excluding hydrogens is 257 g/mol. The first-order valence-electron chi connectivity index (χ1n) is 6.08. The van der Waals surface area contributed by atoms with E-state index in [-0.39, 0.29) is 0 Å². The molecule has 4 nitrogen and oxygen atoms in total. The molecule has 0 saturated heterocycles. The van der Waals surface area contributed by atoms with Crippen LogP contribution in [0.5, 0.6) is 5.75 Å². The molecule has 0 unspecified atom stereocenters. The molecule has 2 N–H and O–H groups in total. The summed E-state index contributed by atoms with van der Waals surface area (Å²) in [6.07, 6.45) is 3.52. The Balaban J connectivity index is 2.41. The molecule has 20 heavy (non-hydrogen) atoms. The number of aromatic nitrogens is 1. The lowest BCUT2D eigenvalue weighted by molar-refractivity contribution is 0.414. The first-order chi connectivity index (χ1) is 9.61. The number of benzene rings is 1. The highest BCUT2D eigenvalue weighted by Gasteiger charge is 2.08. The lowest BCUT2D eigenvalue weighted by atomic mass is 10.1. The molecular formula is C15H16FN3O. The van der Waals surface area contributed by atoms with Gasteiger partial charge >= 0.3 is 0 Å². The molecule has 0 aliphatic rings. The van der Waals surface area contributed by atoms with Crippen LogP contribution < -0.4 is 15.6 Å². The second-order valence-electron chi connectivity index (χ2n) is 4.22. The molecule has 0 spiro atoms. The molecule has 2 rings (SSSR count). The van der Waals surface area contributed by atoms with Crippen LogP contribution in [0.1, 0.15) is 11.3 Å². The lowest BCUT2D eigenvalue weighted by Gasteiger charge is -2.17. The molecule has 5 heteroatoms. The Hall–Kier alpha value is -2.40. The standard InChI is InChI=1S/C15H16FN3O/c1-19(17)13-6-4-7-14(20-2)12(13)10-9-11-5-3-8-15(16)18-11/h3-10H,17H2,1-2H3/b10-9+. The minimum absolute atomic E-state index is 0.511. The molecule has 1 aromatic carbocycles. The fourth-order valence-electron chi connectivity index (χ4n) is 1.87. The number of anilines is 1. The van der Waals surface area contributed by atoms with Gasteiger partial charge in [-0.05, 0) is 36.4 Å². The molecule has 0 radical (unpaired) electrons. The van der Waals surface area contributed by atoms with Crippen molar-refractivity contribution in [2.45, 2.75) is 0 Å². The third kappa shape index (κ3) is 3.13. The number of ether oxygens (including phenoxy) is 1. The Kier molecular flexibility index (Phi) is 4.32. The third-order valence-corrected chi connectivity index (χ3v) is 2.80. The minimum Gasteiger partial charge on any atom is -0.496 e. The Morgan fingerprint density at radius 1 is 1.20 bits per heavy atom. The van der Waals surface area contributed by atoms with Gasteiger partial charge in [-0.3, -0.25) is 0 Å². The van der Waals surface area contributed by atoms with Gasteiger partial charge in [-0.15, -0.1) is 0 Å². The molecule has 0 amide bonds. The van der Waals surface area contributed by atoms with Crippen molar-refractivity contribution in [2.75, 3.05) is 19.2 Å². The topological polar surface area (TPSA) is 51.4 Å². The van der Waals surface area contributed by atoms with Crippen molar-refractivity contribution in [2.24, 2.45) is 5.84 Å². The SMILES string of the molecule is COc1cccc(N(C)N)c1/C=C/c1cccc(F)n1. The normalized spacial score (nSPS) is 10.8. The van der Waals surface area contributed by atoms with Crippen LogP contribution in [0.3, 0.4) is 0 Å². The van der Waals surface area contributed by atoms with Crippen molar-refractivity contribution in [1.82, 2.24) is 4.98 Å². The van der Waals surface area contributed by atoms with Gasteiger partial charge in [0.15, 0.2) is 0 Å². The molecule has 104 valence electrons. The number of rotatable bonds is 4. The van der Waals surface area contributed by atoms with Crippen LogP contribution in [0.4, 0.5) is 10.1 Å². The average Bonchev–Trinajstić information content (AvgIpc) is 2.44. The number of hydrogen-bond donors (Lipinski definition) is 1. The van der Waals surface area contributed by atoms with Crippen molar-refractivity contribution >= 4 is 17.8 Å². The summed E-state index contributed by atoms with van der Waals surface area (Å²) in [5.41, 5.74) is 2.14. The maximum Gasteiger partial charge on any atom is 0.213 e. The number of hydrogen-bond acceptors (Lipinski definition) is 4. The third-order valence-electron chi connectivity index (χ3n) is 2.80. The number of pyridine rings is 1. The highest BCUT2D eigenvalue weighted by Crippen LogP contribution is 2.29. The van der Waals surface area contributed by atoms with Crippen LogP contribution in [-0.4, -0.2) is 19.1 Å². The number of halogens is 1. The predicted octanol–water partition coefficient (Wildman–Crippen LogP) is 2.71. The zero-order chi connectivity index (χ0) is 14.5. The Morgan fingerprint density at radius 2 is 1.95 bits per heavy atom. The quantitative estimate of drug-likeness (QED) is 0.528. The predicted molar refractivity (Wildman–Crippen MR) is 78.7 cm³/mol. The molecule has 0 saturated carbocycles. The van der Waals surface area contributed by atoms with Gasteiger partial charge in [0.25, 0.3) is 0 Å². The van der Waals surface area contributed by atoms with Crippen LogP contribution in [0, 0.1) is 5.95 Å². The van der Waals surface area contributed by atoms with E-state index in [0.717, 1.165) is 11.3 Å². The molecule has 0 fully saturated rings. The summed E-state index contributed by atoms with van der Waals surface area (Å²) in [6.45, 7) is 0. The second-order valence-corrected chi connectivity index (χ2v) is 4.22. The minimum atomic E-state index is -0.511. The molecule has 2 aromatic rings. The highest BCUT2D eigenvalue weighted by molar-refractivity contribution is 5.79. The van der Waals surface area contributed by atoms with E-state index in [1.165, 1.54) is 11.1 Å². The summed E-state index contributed by atoms with van der Waals surface area (Å²) in [6, 6.07) is 10.2. The van der Waals surface area contributed by atoms with E-state index < -0.39 is 5.95 Å². The molecule has 1 aromatic heterocycles. The fourth-order valence-corrected chi connectivity index (χ4v) is 1.87. The van der Waals surface area contributed by atoms with Gasteiger partial charge < -0.3 is 9.75 Å². The number of nitrogens with zero attached hydrogens (tertiary/aromatic N) is 2. The summed E-state index contributed by atoms with van der Waals surface area (Å²) in [7, 11) is 3.33. The summed E-state index contributed by atoms with van der Waals surface area (Å²) < 4.78 is 18.4. The zero-order valence-electron chi connectivity index (χ0n) is 11.4. The van der Waals surface area contributed by atoms with Crippen molar-refractivity contribution in [3.05, 3.63) is 53.6 Å². The van der Waals surface area contributed by atoms with E-state index in [9.17, 15) is 4.39 Å². The van der Waals surface area contributed by atoms with Crippen molar-refractivity contribution in [3.8, 4) is 5.75 Å². The molecule has 0 bridgehead atoms. The molecule has 0 aliphatic heterocycles. The summed E-state index contributed by atoms with van der Waals surface area (Å²) in [5, 5.41) is 1.50. The van der Waals surface area contributed by atoms with Crippen LogP contribution in [0.15, 0.2) is 36.4 Å². The van der Waals surface area contributed by atoms with Gasteiger partial charge in [0.05, 0.1) is 18.5 Å². The first kappa shape index (κ1) is 14.0. The van der Waals surface area contributed by atoms with Gasteiger partial charge in [0.2, 0.25) is 5.95 Å². The van der Waals surface area contributed by atoms with E-state index in [2.05, 4.69) is 4.98 Å². The average molecular weight is 273 g/mol. The summed E-state index contributed by atoms with van der Waals surface area (Å²) in [4.78, 5) is 3.78. The number of nitrogens with two attached hydrogens (primary N) is 1. The van der Waals surface area contributed by atoms with Crippen molar-refractivity contribution in [3.63, 3.8) is 0 Å². The van der Waals surface area contributed by atoms with Gasteiger partial charge in [-0.25, -0.2) is 10.8 Å². The molecule has 0 aliphatic carbocycles. The second kappa shape index (κ2) is 6.16. The van der Waals surface area contributed by atoms with E-state index in [1.54, 1.807) is 38.4 Å². The van der Waals surface area contributed by atoms with Crippen LogP contribution >= 0.6 is 0 Å². The van der Waals surface area contributed by atoms with Gasteiger partial charge in [-0.2, -0.15) is 4.39 Å². The van der Waals surface area contributed by atoms with Crippen LogP contribution in [0.25, 0.3) is 12.2 Å². The Morgan fingerprint density at radius 3 is 2.60 bits per heavy atom. The molecule has 1 heterocycles. The van der Waals surface area contributed by atoms with Crippen LogP contribution in [-0.2, 0) is 0 Å². The highest BCUT2D eigenvalue weighted by atomic mass is 19.1. The Labute approximate surface area is 117 Å². The Bertz CT molecular complexity index is 626. The summed E-state index contributed by atoms with van der Waals surface area (Å²) in [5.74, 6) is 5.98. The summed E-state index contributed by atoms with van der Waals surface area (Å²) >= 11 is 0. The fraction of sp³-hybridized carbons (Fsp3) is 0.133. The maximum absolute atomic E-state index is 13.0. The largest absolute Gasteiger partial charge is 0.496 e. The lowest BCUT2D eigenvalue weighted by Crippen LogP contribution is -2.25. The van der Waals surface area contributed by atoms with E-state index in [4.69, 9.17) is 10.6 Å². The molecule has 0 atom stereocenters. The van der Waals surface area contributed by atoms with E-state index in [1.807, 2.05) is 18.2 Å². The van der Waals surface area contributed by atoms with Gasteiger partial charge in [-0.1, -0.05) is 12.1 Å². The number of methoxy groups -OCH3 is 1. The monoisotopic (exact) mass is 273 g/mol. The van der Waals surface area contributed by atoms with Crippen molar-refractivity contribution in [1.29, 1.82) is 0 Å². The van der Waals surface area contributed by atoms with Crippen molar-refractivity contribution < 1.29 is 9.13 Å². The van der Waals surface area contributed by atoms with E-state index >= 15 is 0 Å². The van der Waals surface area contributed by atoms with Gasteiger partial charge in [0, 0.05) is 12.6 Å². The smallest absolute Gasteiger partial charge is 0.213 e. The van der Waals surface area contributed by atoms with E-state index in [0.29, 0.717) is 11.4 Å². The maximum atomic E-state index is 13.0. The number of hydrazine groups is 1.